The first-order chi connectivity index (χ1) is 8.22. The highest BCUT2D eigenvalue weighted by molar-refractivity contribution is 7.98. The molecule has 0 aliphatic heterocycles. The Kier molecular flexibility index (Phi) is 2.22. The third kappa shape index (κ3) is 1.39. The molecular weight excluding hydrogens is 236 g/mol. The van der Waals surface area contributed by atoms with Crippen molar-refractivity contribution in [1.29, 1.82) is 0 Å². The Bertz CT molecular complexity index is 773. The number of aromatic nitrogens is 2. The minimum atomic E-state index is -0.143. The molecule has 0 aliphatic rings. The number of benzene rings is 1. The van der Waals surface area contributed by atoms with Gasteiger partial charge in [0.1, 0.15) is 11.1 Å². The summed E-state index contributed by atoms with van der Waals surface area (Å²) in [6.07, 6.45) is 1.90. The van der Waals surface area contributed by atoms with Crippen molar-refractivity contribution >= 4 is 33.8 Å². The maximum Gasteiger partial charge on any atom is 0.297 e. The number of hydrogen-bond acceptors (Lipinski definition) is 4. The zero-order valence-corrected chi connectivity index (χ0v) is 10.2. The molecular formula is C12H10N2O2S. The molecule has 86 valence electrons. The largest absolute Gasteiger partial charge is 0.448 e. The van der Waals surface area contributed by atoms with Crippen LogP contribution in [0.5, 0.6) is 0 Å². The Hall–Kier alpha value is -1.75. The molecule has 0 spiro atoms. The number of fused-ring (bicyclic) bond motifs is 3. The SMILES string of the molecule is CSc1nc2c(oc3ccccc32)c(=O)n1C. The molecule has 0 unspecified atom stereocenters. The Labute approximate surface area is 101 Å². The molecule has 2 aromatic heterocycles. The molecule has 0 bridgehead atoms. The van der Waals surface area contributed by atoms with Crippen LogP contribution in [0.1, 0.15) is 0 Å². The fourth-order valence-electron chi connectivity index (χ4n) is 1.88. The Morgan fingerprint density at radius 3 is 2.88 bits per heavy atom. The van der Waals surface area contributed by atoms with E-state index in [2.05, 4.69) is 4.98 Å². The van der Waals surface area contributed by atoms with Crippen LogP contribution in [0.3, 0.4) is 0 Å². The lowest BCUT2D eigenvalue weighted by Gasteiger charge is -2.02. The Balaban J connectivity index is 2.58. The van der Waals surface area contributed by atoms with Gasteiger partial charge < -0.3 is 4.42 Å². The van der Waals surface area contributed by atoms with Gasteiger partial charge in [-0.25, -0.2) is 4.98 Å². The average molecular weight is 246 g/mol. The third-order valence-corrected chi connectivity index (χ3v) is 3.48. The predicted octanol–water partition coefficient (Wildman–Crippen LogP) is 2.40. The molecule has 0 radical (unpaired) electrons. The summed E-state index contributed by atoms with van der Waals surface area (Å²) in [6, 6.07) is 7.55. The second-order valence-corrected chi connectivity index (χ2v) is 4.51. The van der Waals surface area contributed by atoms with Crippen molar-refractivity contribution < 1.29 is 4.42 Å². The van der Waals surface area contributed by atoms with Gasteiger partial charge in [0.15, 0.2) is 5.16 Å². The zero-order valence-electron chi connectivity index (χ0n) is 9.43. The summed E-state index contributed by atoms with van der Waals surface area (Å²) in [4.78, 5) is 16.6. The molecule has 0 saturated carbocycles. The van der Waals surface area contributed by atoms with E-state index in [-0.39, 0.29) is 5.56 Å². The highest BCUT2D eigenvalue weighted by atomic mass is 32.2. The van der Waals surface area contributed by atoms with Crippen LogP contribution in [0.2, 0.25) is 0 Å². The summed E-state index contributed by atoms with van der Waals surface area (Å²) < 4.78 is 7.07. The van der Waals surface area contributed by atoms with Gasteiger partial charge >= 0.3 is 0 Å². The van der Waals surface area contributed by atoms with Gasteiger partial charge in [-0.1, -0.05) is 23.9 Å². The van der Waals surface area contributed by atoms with Crippen LogP contribution in [-0.4, -0.2) is 15.8 Å². The van der Waals surface area contributed by atoms with Crippen LogP contribution in [-0.2, 0) is 7.05 Å². The molecule has 1 aromatic carbocycles. The first kappa shape index (κ1) is 10.4. The van der Waals surface area contributed by atoms with Crippen molar-refractivity contribution in [3.63, 3.8) is 0 Å². The summed E-state index contributed by atoms with van der Waals surface area (Å²) in [6.45, 7) is 0. The number of thioether (sulfide) groups is 1. The Morgan fingerprint density at radius 1 is 1.35 bits per heavy atom. The van der Waals surface area contributed by atoms with Crippen molar-refractivity contribution in [3.8, 4) is 0 Å². The Morgan fingerprint density at radius 2 is 2.12 bits per heavy atom. The normalized spacial score (nSPS) is 11.4. The van der Waals surface area contributed by atoms with Crippen LogP contribution >= 0.6 is 11.8 Å². The first-order valence-corrected chi connectivity index (χ1v) is 6.37. The fourth-order valence-corrected chi connectivity index (χ4v) is 2.42. The van der Waals surface area contributed by atoms with Gasteiger partial charge in [-0.3, -0.25) is 9.36 Å². The lowest BCUT2D eigenvalue weighted by Crippen LogP contribution is -2.19. The predicted molar refractivity (Wildman–Crippen MR) is 68.5 cm³/mol. The molecule has 2 heterocycles. The number of nitrogens with zero attached hydrogens (tertiary/aromatic N) is 2. The summed E-state index contributed by atoms with van der Waals surface area (Å²) in [5.74, 6) is 0. The molecule has 0 amide bonds. The third-order valence-electron chi connectivity index (χ3n) is 2.75. The van der Waals surface area contributed by atoms with E-state index in [1.807, 2.05) is 30.5 Å². The summed E-state index contributed by atoms with van der Waals surface area (Å²) in [5.41, 5.74) is 1.53. The first-order valence-electron chi connectivity index (χ1n) is 5.14. The highest BCUT2D eigenvalue weighted by Crippen LogP contribution is 2.26. The molecule has 0 saturated heterocycles. The number of rotatable bonds is 1. The lowest BCUT2D eigenvalue weighted by molar-refractivity contribution is 0.636. The minimum Gasteiger partial charge on any atom is -0.448 e. The van der Waals surface area contributed by atoms with Crippen molar-refractivity contribution in [2.24, 2.45) is 7.05 Å². The smallest absolute Gasteiger partial charge is 0.297 e. The number of hydrogen-bond donors (Lipinski definition) is 0. The standard InChI is InChI=1S/C12H10N2O2S/c1-14-11(15)10-9(13-12(14)17-2)7-5-3-4-6-8(7)16-10/h3-6H,1-2H3. The van der Waals surface area contributed by atoms with Crippen LogP contribution in [0, 0.1) is 0 Å². The molecule has 5 heteroatoms. The van der Waals surface area contributed by atoms with E-state index in [1.54, 1.807) is 7.05 Å². The van der Waals surface area contributed by atoms with E-state index in [0.717, 1.165) is 5.39 Å². The molecule has 17 heavy (non-hydrogen) atoms. The fraction of sp³-hybridized carbons (Fsp3) is 0.167. The van der Waals surface area contributed by atoms with Gasteiger partial charge in [-0.05, 0) is 18.4 Å². The van der Waals surface area contributed by atoms with Crippen molar-refractivity contribution in [2.45, 2.75) is 5.16 Å². The molecule has 3 aromatic rings. The molecule has 0 N–H and O–H groups in total. The maximum atomic E-state index is 12.1. The van der Waals surface area contributed by atoms with Crippen molar-refractivity contribution in [2.75, 3.05) is 6.26 Å². The minimum absolute atomic E-state index is 0.143. The quantitative estimate of drug-likeness (QED) is 0.488. The average Bonchev–Trinajstić information content (AvgIpc) is 2.72. The van der Waals surface area contributed by atoms with Crippen molar-refractivity contribution in [1.82, 2.24) is 9.55 Å². The zero-order chi connectivity index (χ0) is 12.0. The van der Waals surface area contributed by atoms with Crippen LogP contribution < -0.4 is 5.56 Å². The lowest BCUT2D eigenvalue weighted by atomic mass is 10.2. The van der Waals surface area contributed by atoms with Gasteiger partial charge in [0, 0.05) is 12.4 Å². The van der Waals surface area contributed by atoms with Crippen LogP contribution in [0.4, 0.5) is 0 Å². The van der Waals surface area contributed by atoms with Gasteiger partial charge in [0.05, 0.1) is 0 Å². The number of furan rings is 1. The van der Waals surface area contributed by atoms with E-state index in [4.69, 9.17) is 4.42 Å². The summed E-state index contributed by atoms with van der Waals surface area (Å²) in [7, 11) is 1.70. The molecule has 0 fully saturated rings. The number of para-hydroxylation sites is 1. The van der Waals surface area contributed by atoms with E-state index in [9.17, 15) is 4.79 Å². The van der Waals surface area contributed by atoms with E-state index >= 15 is 0 Å². The summed E-state index contributed by atoms with van der Waals surface area (Å²) >= 11 is 1.45. The van der Waals surface area contributed by atoms with E-state index in [0.29, 0.717) is 21.8 Å². The van der Waals surface area contributed by atoms with E-state index < -0.39 is 0 Å². The van der Waals surface area contributed by atoms with Gasteiger partial charge in [0.2, 0.25) is 5.58 Å². The second-order valence-electron chi connectivity index (χ2n) is 3.74. The molecule has 0 atom stereocenters. The summed E-state index contributed by atoms with van der Waals surface area (Å²) in [5, 5.41) is 1.57. The molecule has 4 nitrogen and oxygen atoms in total. The second kappa shape index (κ2) is 3.63. The van der Waals surface area contributed by atoms with E-state index in [1.165, 1.54) is 16.3 Å². The topological polar surface area (TPSA) is 48.0 Å². The van der Waals surface area contributed by atoms with Crippen molar-refractivity contribution in [3.05, 3.63) is 34.6 Å². The maximum absolute atomic E-state index is 12.1. The molecule has 0 aliphatic carbocycles. The van der Waals surface area contributed by atoms with Gasteiger partial charge in [-0.15, -0.1) is 0 Å². The highest BCUT2D eigenvalue weighted by Gasteiger charge is 2.14. The van der Waals surface area contributed by atoms with Gasteiger partial charge in [-0.2, -0.15) is 0 Å². The molecule has 3 rings (SSSR count). The van der Waals surface area contributed by atoms with Crippen LogP contribution in [0.15, 0.2) is 38.6 Å². The van der Waals surface area contributed by atoms with Crippen LogP contribution in [0.25, 0.3) is 22.1 Å². The monoisotopic (exact) mass is 246 g/mol. The van der Waals surface area contributed by atoms with Gasteiger partial charge in [0.25, 0.3) is 5.56 Å².